The van der Waals surface area contributed by atoms with Gasteiger partial charge in [0.25, 0.3) is 5.91 Å². The molecule has 1 rings (SSSR count). The van der Waals surface area contributed by atoms with Gasteiger partial charge < -0.3 is 14.7 Å². The van der Waals surface area contributed by atoms with E-state index in [0.29, 0.717) is 24.3 Å². The highest BCUT2D eigenvalue weighted by molar-refractivity contribution is 5.97. The van der Waals surface area contributed by atoms with Crippen molar-refractivity contribution in [1.29, 1.82) is 0 Å². The first kappa shape index (κ1) is 17.2. The summed E-state index contributed by atoms with van der Waals surface area (Å²) in [5, 5.41) is 8.85. The van der Waals surface area contributed by atoms with Gasteiger partial charge in [-0.2, -0.15) is 0 Å². The molecular weight excluding hydrogens is 266 g/mol. The largest absolute Gasteiger partial charge is 0.384 e. The third-order valence-electron chi connectivity index (χ3n) is 3.13. The van der Waals surface area contributed by atoms with Crippen LogP contribution in [0.25, 0.3) is 0 Å². The molecule has 0 atom stereocenters. The Bertz CT molecular complexity index is 541. The van der Waals surface area contributed by atoms with Crippen LogP contribution in [0.15, 0.2) is 18.2 Å². The average molecular weight is 289 g/mol. The van der Waals surface area contributed by atoms with Crippen LogP contribution in [0, 0.1) is 18.8 Å². The fraction of sp³-hybridized carbons (Fsp3) is 0.471. The van der Waals surface area contributed by atoms with Gasteiger partial charge in [0.05, 0.1) is 12.2 Å². The lowest BCUT2D eigenvalue weighted by atomic mass is 10.0. The molecule has 0 saturated heterocycles. The van der Waals surface area contributed by atoms with Gasteiger partial charge in [-0.1, -0.05) is 17.9 Å². The summed E-state index contributed by atoms with van der Waals surface area (Å²) in [7, 11) is 1.62. The number of benzene rings is 1. The van der Waals surface area contributed by atoms with Gasteiger partial charge in [-0.3, -0.25) is 4.79 Å². The SMILES string of the molecule is COCCN(C(=O)c1ccc(C)cc1C#CCO)C(C)C. The minimum atomic E-state index is -0.223. The van der Waals surface area contributed by atoms with Crippen molar-refractivity contribution in [3.8, 4) is 11.8 Å². The van der Waals surface area contributed by atoms with E-state index in [9.17, 15) is 4.79 Å². The molecule has 0 aliphatic rings. The molecule has 0 unspecified atom stereocenters. The van der Waals surface area contributed by atoms with Crippen molar-refractivity contribution in [2.45, 2.75) is 26.8 Å². The molecule has 0 aliphatic heterocycles. The molecule has 1 N–H and O–H groups in total. The van der Waals surface area contributed by atoms with Gasteiger partial charge in [0.1, 0.15) is 6.61 Å². The predicted octanol–water partition coefficient (Wildman–Crippen LogP) is 1.84. The lowest BCUT2D eigenvalue weighted by Gasteiger charge is -2.27. The number of hydrogen-bond acceptors (Lipinski definition) is 3. The van der Waals surface area contributed by atoms with Gasteiger partial charge in [0, 0.05) is 25.3 Å². The van der Waals surface area contributed by atoms with E-state index in [2.05, 4.69) is 11.8 Å². The van der Waals surface area contributed by atoms with Crippen molar-refractivity contribution in [2.24, 2.45) is 0 Å². The molecule has 0 heterocycles. The molecule has 4 nitrogen and oxygen atoms in total. The first-order chi connectivity index (χ1) is 10.0. The van der Waals surface area contributed by atoms with Crippen LogP contribution in [0.3, 0.4) is 0 Å². The lowest BCUT2D eigenvalue weighted by Crippen LogP contribution is -2.39. The Morgan fingerprint density at radius 3 is 2.71 bits per heavy atom. The Hall–Kier alpha value is -1.83. The molecule has 0 aromatic heterocycles. The van der Waals surface area contributed by atoms with Gasteiger partial charge in [-0.05, 0) is 38.5 Å². The summed E-state index contributed by atoms with van der Waals surface area (Å²) in [5.41, 5.74) is 2.24. The third-order valence-corrected chi connectivity index (χ3v) is 3.13. The second-order valence-electron chi connectivity index (χ2n) is 5.09. The minimum Gasteiger partial charge on any atom is -0.384 e. The summed E-state index contributed by atoms with van der Waals surface area (Å²) in [6, 6.07) is 5.63. The Morgan fingerprint density at radius 1 is 1.43 bits per heavy atom. The van der Waals surface area contributed by atoms with Crippen LogP contribution in [0.1, 0.15) is 35.3 Å². The Balaban J connectivity index is 3.14. The predicted molar refractivity (Wildman–Crippen MR) is 83.2 cm³/mol. The molecular formula is C17H23NO3. The van der Waals surface area contributed by atoms with Gasteiger partial charge >= 0.3 is 0 Å². The zero-order chi connectivity index (χ0) is 15.8. The average Bonchev–Trinajstić information content (AvgIpc) is 2.45. The first-order valence-electron chi connectivity index (χ1n) is 7.01. The highest BCUT2D eigenvalue weighted by Crippen LogP contribution is 2.15. The first-order valence-corrected chi connectivity index (χ1v) is 7.01. The van der Waals surface area contributed by atoms with Crippen LogP contribution in [-0.4, -0.2) is 48.8 Å². The normalized spacial score (nSPS) is 10.2. The minimum absolute atomic E-state index is 0.0655. The Kier molecular flexibility index (Phi) is 6.93. The van der Waals surface area contributed by atoms with E-state index in [4.69, 9.17) is 9.84 Å². The topological polar surface area (TPSA) is 49.8 Å². The van der Waals surface area contributed by atoms with Gasteiger partial charge in [0.2, 0.25) is 0 Å². The molecule has 0 saturated carbocycles. The maximum Gasteiger partial charge on any atom is 0.255 e. The summed E-state index contributed by atoms with van der Waals surface area (Å²) >= 11 is 0. The van der Waals surface area contributed by atoms with Gasteiger partial charge in [0.15, 0.2) is 0 Å². The standard InChI is InChI=1S/C17H23NO3/c1-13(2)18(9-11-21-4)17(20)16-8-7-14(3)12-15(16)6-5-10-19/h7-8,12-13,19H,9-11H2,1-4H3. The van der Waals surface area contributed by atoms with Crippen LogP contribution in [0.2, 0.25) is 0 Å². The summed E-state index contributed by atoms with van der Waals surface area (Å²) in [6.07, 6.45) is 0. The van der Waals surface area contributed by atoms with E-state index < -0.39 is 0 Å². The van der Waals surface area contributed by atoms with E-state index >= 15 is 0 Å². The number of amides is 1. The summed E-state index contributed by atoms with van der Waals surface area (Å²) in [5.74, 6) is 5.40. The monoisotopic (exact) mass is 289 g/mol. The number of methoxy groups -OCH3 is 1. The quantitative estimate of drug-likeness (QED) is 0.841. The Labute approximate surface area is 126 Å². The number of carbonyl (C=O) groups is 1. The second-order valence-corrected chi connectivity index (χ2v) is 5.09. The maximum absolute atomic E-state index is 12.7. The van der Waals surface area contributed by atoms with Crippen molar-refractivity contribution in [3.05, 3.63) is 34.9 Å². The zero-order valence-electron chi connectivity index (χ0n) is 13.1. The molecule has 0 radical (unpaired) electrons. The number of aliphatic hydroxyl groups is 1. The molecule has 1 aromatic carbocycles. The number of nitrogens with zero attached hydrogens (tertiary/aromatic N) is 1. The molecule has 0 bridgehead atoms. The number of rotatable bonds is 5. The molecule has 114 valence electrons. The molecule has 0 fully saturated rings. The molecule has 0 spiro atoms. The van der Waals surface area contributed by atoms with Crippen molar-refractivity contribution in [1.82, 2.24) is 4.90 Å². The van der Waals surface area contributed by atoms with Crippen LogP contribution < -0.4 is 0 Å². The van der Waals surface area contributed by atoms with Gasteiger partial charge in [-0.15, -0.1) is 0 Å². The van der Waals surface area contributed by atoms with E-state index in [-0.39, 0.29) is 18.6 Å². The number of hydrogen-bond donors (Lipinski definition) is 1. The van der Waals surface area contributed by atoms with Crippen LogP contribution >= 0.6 is 0 Å². The van der Waals surface area contributed by atoms with Crippen molar-refractivity contribution in [2.75, 3.05) is 26.9 Å². The highest BCUT2D eigenvalue weighted by Gasteiger charge is 2.20. The fourth-order valence-corrected chi connectivity index (χ4v) is 2.02. The van der Waals surface area contributed by atoms with Crippen LogP contribution in [0.5, 0.6) is 0 Å². The summed E-state index contributed by atoms with van der Waals surface area (Å²) in [6.45, 7) is 6.70. The van der Waals surface area contributed by atoms with E-state index in [1.807, 2.05) is 32.9 Å². The van der Waals surface area contributed by atoms with E-state index in [1.165, 1.54) is 0 Å². The van der Waals surface area contributed by atoms with Crippen molar-refractivity contribution in [3.63, 3.8) is 0 Å². The highest BCUT2D eigenvalue weighted by atomic mass is 16.5. The summed E-state index contributed by atoms with van der Waals surface area (Å²) in [4.78, 5) is 14.5. The molecule has 1 amide bonds. The number of aliphatic hydroxyl groups excluding tert-OH is 1. The molecule has 0 aliphatic carbocycles. The Morgan fingerprint density at radius 2 is 2.14 bits per heavy atom. The lowest BCUT2D eigenvalue weighted by molar-refractivity contribution is 0.0634. The molecule has 4 heteroatoms. The van der Waals surface area contributed by atoms with Crippen LogP contribution in [0.4, 0.5) is 0 Å². The molecule has 1 aromatic rings. The van der Waals surface area contributed by atoms with Gasteiger partial charge in [-0.25, -0.2) is 0 Å². The second kappa shape index (κ2) is 8.46. The van der Waals surface area contributed by atoms with Crippen molar-refractivity contribution >= 4 is 5.91 Å². The smallest absolute Gasteiger partial charge is 0.255 e. The number of aryl methyl sites for hydroxylation is 1. The fourth-order valence-electron chi connectivity index (χ4n) is 2.02. The zero-order valence-corrected chi connectivity index (χ0v) is 13.1. The van der Waals surface area contributed by atoms with E-state index in [1.54, 1.807) is 18.1 Å². The van der Waals surface area contributed by atoms with Crippen molar-refractivity contribution < 1.29 is 14.6 Å². The van der Waals surface area contributed by atoms with E-state index in [0.717, 1.165) is 5.56 Å². The third kappa shape index (κ3) is 4.89. The van der Waals surface area contributed by atoms with Crippen LogP contribution in [-0.2, 0) is 4.74 Å². The number of ether oxygens (including phenoxy) is 1. The maximum atomic E-state index is 12.7. The summed E-state index contributed by atoms with van der Waals surface area (Å²) < 4.78 is 5.07. The number of carbonyl (C=O) groups excluding carboxylic acids is 1. The molecule has 21 heavy (non-hydrogen) atoms.